The second kappa shape index (κ2) is 20.9. The number of aromatic nitrogens is 4. The molecule has 1 radical (unpaired) electrons. The number of pyridine rings is 2. The first-order chi connectivity index (χ1) is 34.7. The van der Waals surface area contributed by atoms with Crippen LogP contribution in [0.5, 0.6) is 0 Å². The summed E-state index contributed by atoms with van der Waals surface area (Å²) >= 11 is 0. The molecule has 11 aromatic rings. The molecule has 0 aliphatic heterocycles. The van der Waals surface area contributed by atoms with Crippen LogP contribution in [-0.2, 0) is 20.1 Å². The van der Waals surface area contributed by atoms with E-state index in [1.54, 1.807) is 12.1 Å². The first-order valence-corrected chi connectivity index (χ1v) is 28.1. The number of hydrogen-bond donors (Lipinski definition) is 1. The molecule has 4 heterocycles. The maximum atomic E-state index is 10.8. The fourth-order valence-electron chi connectivity index (χ4n) is 9.38. The summed E-state index contributed by atoms with van der Waals surface area (Å²) < 4.78 is 9.15. The molecule has 365 valence electrons. The van der Waals surface area contributed by atoms with Gasteiger partial charge in [0.1, 0.15) is 5.58 Å². The van der Waals surface area contributed by atoms with Gasteiger partial charge in [-0.15, -0.1) is 48.0 Å². The van der Waals surface area contributed by atoms with Crippen LogP contribution >= 0.6 is 0 Å². The van der Waals surface area contributed by atoms with Gasteiger partial charge >= 0.3 is 0 Å². The minimum absolute atomic E-state index is 0. The van der Waals surface area contributed by atoms with Crippen molar-refractivity contribution in [3.8, 4) is 61.7 Å². The molecule has 0 unspecified atom stereocenters. The first kappa shape index (κ1) is 50.4. The van der Waals surface area contributed by atoms with Gasteiger partial charge in [0.15, 0.2) is 0 Å². The van der Waals surface area contributed by atoms with Gasteiger partial charge in [-0.25, -0.2) is 0 Å². The number of rotatable bonds is 10. The number of carboxylic acid groups (broad SMARTS) is 1. The normalized spacial score (nSPS) is 11.5. The number of benzene rings is 7. The van der Waals surface area contributed by atoms with Crippen LogP contribution in [-0.4, -0.2) is 38.7 Å². The summed E-state index contributed by atoms with van der Waals surface area (Å²) in [4.78, 5) is 25.3. The van der Waals surface area contributed by atoms with Crippen molar-refractivity contribution in [2.75, 3.05) is 0 Å². The van der Waals surface area contributed by atoms with Gasteiger partial charge in [0, 0.05) is 43.1 Å². The summed E-state index contributed by atoms with van der Waals surface area (Å²) in [5, 5.41) is 12.3. The smallest absolute Gasteiger partial charge is 0.292 e. The van der Waals surface area contributed by atoms with Gasteiger partial charge in [-0.2, -0.15) is 0 Å². The van der Waals surface area contributed by atoms with Gasteiger partial charge in [-0.1, -0.05) is 167 Å². The Kier molecular flexibility index (Phi) is 14.4. The number of carbonyl (C=O) groups is 1. The van der Waals surface area contributed by atoms with Gasteiger partial charge in [0.2, 0.25) is 0 Å². The Hall–Kier alpha value is -7.55. The van der Waals surface area contributed by atoms with E-state index in [4.69, 9.17) is 19.5 Å². The number of aryl methyl sites for hydroxylation is 1. The molecule has 0 aliphatic rings. The molecule has 0 aliphatic carbocycles. The van der Waals surface area contributed by atoms with Crippen LogP contribution in [0.4, 0.5) is 0 Å². The number of carboxylic acids is 1. The van der Waals surface area contributed by atoms with Crippen LogP contribution < -0.4 is 5.19 Å². The van der Waals surface area contributed by atoms with Gasteiger partial charge in [-0.3, -0.25) is 14.8 Å². The molecule has 7 aromatic carbocycles. The minimum atomic E-state index is -1.33. The van der Waals surface area contributed by atoms with Crippen LogP contribution in [0.1, 0.15) is 66.7 Å². The second-order valence-corrected chi connectivity index (χ2v) is 25.2. The third-order valence-electron chi connectivity index (χ3n) is 13.4. The van der Waals surface area contributed by atoms with E-state index < -0.39 is 14.0 Å². The van der Waals surface area contributed by atoms with E-state index in [0.29, 0.717) is 0 Å². The van der Waals surface area contributed by atoms with Crippen molar-refractivity contribution in [2.45, 2.75) is 66.1 Å². The summed E-state index contributed by atoms with van der Waals surface area (Å²) in [5.74, 6) is 0.358. The minimum Gasteiger partial charge on any atom is -0.501 e. The summed E-state index contributed by atoms with van der Waals surface area (Å²) in [6.45, 7) is 17.9. The molecule has 1 N–H and O–H groups in total. The van der Waals surface area contributed by atoms with Crippen LogP contribution in [0.2, 0.25) is 19.6 Å². The third-order valence-corrected chi connectivity index (χ3v) is 15.4. The quantitative estimate of drug-likeness (QED) is 0.108. The molecule has 7 nitrogen and oxygen atoms in total. The topological polar surface area (TPSA) is 94.0 Å². The van der Waals surface area contributed by atoms with Crippen molar-refractivity contribution in [1.82, 2.24) is 19.5 Å². The fraction of sp³-hybridized carbons (Fsp3) is 0.156. The van der Waals surface area contributed by atoms with Gasteiger partial charge in [0.05, 0.1) is 36.7 Å². The zero-order chi connectivity index (χ0) is 50.3. The fourth-order valence-corrected chi connectivity index (χ4v) is 10.4. The average molecular weight is 1150 g/mol. The number of aromatic carboxylic acids is 1. The van der Waals surface area contributed by atoms with E-state index in [1.165, 1.54) is 44.6 Å². The molecule has 73 heavy (non-hydrogen) atoms. The molecule has 0 saturated carbocycles. The maximum absolute atomic E-state index is 10.8. The van der Waals surface area contributed by atoms with Crippen molar-refractivity contribution >= 4 is 52.2 Å². The van der Waals surface area contributed by atoms with E-state index in [0.717, 1.165) is 78.1 Å². The molecule has 0 saturated heterocycles. The van der Waals surface area contributed by atoms with E-state index in [-0.39, 0.29) is 37.5 Å². The summed E-state index contributed by atoms with van der Waals surface area (Å²) in [6.07, 6.45) is 3.88. The Morgan fingerprint density at radius 2 is 1.26 bits per heavy atom. The Morgan fingerprint density at radius 3 is 1.84 bits per heavy atom. The number of nitrogens with zero attached hydrogens (tertiary/aromatic N) is 4. The van der Waals surface area contributed by atoms with Crippen LogP contribution in [0.3, 0.4) is 0 Å². The molecule has 4 aromatic heterocycles. The van der Waals surface area contributed by atoms with Crippen LogP contribution in [0.25, 0.3) is 94.7 Å². The number of fused-ring (bicyclic) bond motifs is 4. The van der Waals surface area contributed by atoms with Gasteiger partial charge in [0.25, 0.3) is 5.97 Å². The van der Waals surface area contributed by atoms with Crippen LogP contribution in [0, 0.1) is 19.1 Å². The first-order valence-electron chi connectivity index (χ1n) is 24.6. The number of imidazole rings is 1. The molecule has 0 amide bonds. The Balaban J connectivity index is 0.000000277. The predicted molar refractivity (Wildman–Crippen MR) is 298 cm³/mol. The molecule has 9 heteroatoms. The molecular weight excluding hydrogens is 1090 g/mol. The molecule has 11 rings (SSSR count). The van der Waals surface area contributed by atoms with Gasteiger partial charge in [-0.05, 0) is 104 Å². The number of hydrogen-bond acceptors (Lipinski definition) is 5. The van der Waals surface area contributed by atoms with Gasteiger partial charge < -0.3 is 19.1 Å². The van der Waals surface area contributed by atoms with Crippen molar-refractivity contribution in [3.05, 3.63) is 211 Å². The Bertz CT molecular complexity index is 3720. The van der Waals surface area contributed by atoms with E-state index >= 15 is 0 Å². The van der Waals surface area contributed by atoms with Crippen molar-refractivity contribution < 1.29 is 34.4 Å². The standard InChI is InChI=1S/C49H40N3O.C15H16NO2Si.Ir/c1-30(2)42-26-38(34-15-10-7-11-16-34)27-43(31(3)4)47(42)52-45-29-50-32(5)25-44(45)51-49(52)41-18-12-17-40-39-24-23-37(28-46(39)53-48(40)41)36-21-19-35(20-22-36)33-13-8-6-9-14-33;1-19(2,3)13-8-9-14(16-10-13)11-4-6-12(7-5-11)15(17)18;/h6-17,19-31H,1-5H3;4,6-10H,1-3H3,(H,17,18);/q2*-1;. The molecule has 0 bridgehead atoms. The maximum Gasteiger partial charge on any atom is 0.292 e. The van der Waals surface area contributed by atoms with E-state index in [2.05, 4.69) is 196 Å². The summed E-state index contributed by atoms with van der Waals surface area (Å²) in [6, 6.07) is 62.7. The molecular formula is C64H56IrN4O3Si-2. The third kappa shape index (κ3) is 10.3. The van der Waals surface area contributed by atoms with Crippen LogP contribution in [0.15, 0.2) is 181 Å². The zero-order valence-corrected chi connectivity index (χ0v) is 45.7. The summed E-state index contributed by atoms with van der Waals surface area (Å²) in [7, 11) is -1.33. The molecule has 0 spiro atoms. The second-order valence-electron chi connectivity index (χ2n) is 20.1. The average Bonchev–Trinajstić information content (AvgIpc) is 3.96. The van der Waals surface area contributed by atoms with Crippen molar-refractivity contribution in [1.29, 1.82) is 0 Å². The van der Waals surface area contributed by atoms with E-state index in [1.807, 2.05) is 37.5 Å². The predicted octanol–water partition coefficient (Wildman–Crippen LogP) is 16.1. The van der Waals surface area contributed by atoms with E-state index in [9.17, 15) is 4.79 Å². The zero-order valence-electron chi connectivity index (χ0n) is 42.3. The Morgan fingerprint density at radius 1 is 0.644 bits per heavy atom. The van der Waals surface area contributed by atoms with Crippen molar-refractivity contribution in [3.63, 3.8) is 0 Å². The molecule has 0 atom stereocenters. The monoisotopic (exact) mass is 1150 g/mol. The SMILES string of the molecule is C[Si](C)(C)c1ccc(-c2[c-]cc(C(=O)O)cc2)nc1.Cc1cc2nc(-c3[c-]ccc4c3oc3cc(-c5ccc(-c6ccccc6)cc5)ccc34)n(-c3c(C(C)C)cc(-c4ccccc4)cc3C(C)C)c2cn1.[Ir]. The molecule has 0 fully saturated rings. The van der Waals surface area contributed by atoms with Crippen molar-refractivity contribution in [2.24, 2.45) is 0 Å². The Labute approximate surface area is 442 Å². The largest absolute Gasteiger partial charge is 0.501 e. The number of furan rings is 1. The summed E-state index contributed by atoms with van der Waals surface area (Å²) in [5.41, 5.74) is 17.9.